The molecule has 0 atom stereocenters. The van der Waals surface area contributed by atoms with Crippen LogP contribution in [0.2, 0.25) is 0 Å². The third kappa shape index (κ3) is 10.5. The zero-order chi connectivity index (χ0) is 44.8. The molecule has 8 aromatic carbocycles. The third-order valence-corrected chi connectivity index (χ3v) is 12.8. The van der Waals surface area contributed by atoms with Gasteiger partial charge in [0.15, 0.2) is 11.5 Å². The zero-order valence-corrected chi connectivity index (χ0v) is 40.3. The van der Waals surface area contributed by atoms with Crippen LogP contribution in [0.25, 0.3) is 43.1 Å². The molecule has 8 rings (SSSR count). The number of fused-ring (bicyclic) bond motifs is 4. The Bertz CT molecular complexity index is 3450. The summed E-state index contributed by atoms with van der Waals surface area (Å²) < 4.78 is 136. The molecular formula is C40H26N4Na2O14S4. The van der Waals surface area contributed by atoms with Gasteiger partial charge >= 0.3 is 59.1 Å². The van der Waals surface area contributed by atoms with Crippen molar-refractivity contribution in [2.75, 3.05) is 0 Å². The molecule has 24 heteroatoms. The number of hydrogen-bond donors (Lipinski definition) is 4. The van der Waals surface area contributed by atoms with Gasteiger partial charge in [0, 0.05) is 43.1 Å². The minimum atomic E-state index is -4.87. The van der Waals surface area contributed by atoms with Crippen LogP contribution in [-0.2, 0) is 40.5 Å². The van der Waals surface area contributed by atoms with Crippen LogP contribution in [0, 0.1) is 0 Å². The molecule has 0 amide bonds. The summed E-state index contributed by atoms with van der Waals surface area (Å²) in [5, 5.41) is 38.3. The molecule has 0 fully saturated rings. The van der Waals surface area contributed by atoms with E-state index >= 15 is 0 Å². The van der Waals surface area contributed by atoms with Gasteiger partial charge in [0.05, 0.1) is 21.2 Å². The summed E-state index contributed by atoms with van der Waals surface area (Å²) in [6.45, 7) is 0. The van der Waals surface area contributed by atoms with E-state index in [4.69, 9.17) is 0 Å². The summed E-state index contributed by atoms with van der Waals surface area (Å²) in [6.07, 6.45) is 0. The van der Waals surface area contributed by atoms with Gasteiger partial charge in [-0.1, -0.05) is 97.1 Å². The minimum absolute atomic E-state index is 0. The summed E-state index contributed by atoms with van der Waals surface area (Å²) in [4.78, 5) is -1.73. The maximum absolute atomic E-state index is 11.7. The van der Waals surface area contributed by atoms with Crippen LogP contribution in [0.4, 0.5) is 22.7 Å². The summed E-state index contributed by atoms with van der Waals surface area (Å²) in [5.41, 5.74) is -0.115. The number of phenolic OH excluding ortho intramolecular Hbond substituents is 2. The molecule has 8 aromatic rings. The average Bonchev–Trinajstić information content (AvgIpc) is 3.21. The van der Waals surface area contributed by atoms with Crippen molar-refractivity contribution in [3.63, 3.8) is 0 Å². The normalized spacial score (nSPS) is 12.3. The fraction of sp³-hybridized carbons (Fsp3) is 0. The number of phenols is 2. The van der Waals surface area contributed by atoms with E-state index in [2.05, 4.69) is 20.5 Å². The Hall–Kier alpha value is -4.76. The van der Waals surface area contributed by atoms with Gasteiger partial charge in [0.25, 0.3) is 20.2 Å². The first-order valence-electron chi connectivity index (χ1n) is 17.4. The van der Waals surface area contributed by atoms with Crippen LogP contribution in [-0.4, -0.2) is 62.1 Å². The molecule has 0 radical (unpaired) electrons. The fourth-order valence-corrected chi connectivity index (χ4v) is 9.34. The van der Waals surface area contributed by atoms with Crippen LogP contribution in [0.3, 0.4) is 0 Å². The van der Waals surface area contributed by atoms with Crippen LogP contribution < -0.4 is 59.1 Å². The maximum Gasteiger partial charge on any atom is 1.00 e. The van der Waals surface area contributed by atoms with E-state index in [1.807, 2.05) is 0 Å². The monoisotopic (exact) mass is 960 g/mol. The van der Waals surface area contributed by atoms with Crippen molar-refractivity contribution >= 4 is 106 Å². The first-order valence-corrected chi connectivity index (χ1v) is 23.1. The molecule has 316 valence electrons. The van der Waals surface area contributed by atoms with Crippen LogP contribution in [0.15, 0.2) is 173 Å². The van der Waals surface area contributed by atoms with Crippen molar-refractivity contribution in [3.05, 3.63) is 133 Å². The first-order chi connectivity index (χ1) is 29.1. The van der Waals surface area contributed by atoms with Crippen LogP contribution >= 0.6 is 0 Å². The molecule has 0 bridgehead atoms. The molecule has 64 heavy (non-hydrogen) atoms. The Balaban J connectivity index is 0.000000234. The van der Waals surface area contributed by atoms with E-state index in [0.717, 1.165) is 24.3 Å². The molecule has 0 unspecified atom stereocenters. The summed E-state index contributed by atoms with van der Waals surface area (Å²) in [7, 11) is -18.7. The van der Waals surface area contributed by atoms with Gasteiger partial charge in [-0.05, 0) is 36.4 Å². The van der Waals surface area contributed by atoms with Crippen molar-refractivity contribution in [1.29, 1.82) is 0 Å². The molecule has 0 spiro atoms. The summed E-state index contributed by atoms with van der Waals surface area (Å²) in [5.74, 6) is -0.740. The Morgan fingerprint density at radius 1 is 0.344 bits per heavy atom. The standard InChI is InChI=1S/2C20H14N2O7S2.2Na/c2*23-20-15-8-4-3-7-14(15)19(31(27,28)29)11-17(20)22-21-16-9-10-18(30(24,25)26)13-6-2-1-5-12(13)16;;/h2*1-11,23H,(H,24,25,26)(H,27,28,29);;/q;;2*+1/p-2. The number of azo groups is 2. The predicted molar refractivity (Wildman–Crippen MR) is 223 cm³/mol. The number of hydrogen-bond acceptors (Lipinski definition) is 16. The second kappa shape index (κ2) is 19.4. The Morgan fingerprint density at radius 2 is 0.594 bits per heavy atom. The van der Waals surface area contributed by atoms with Gasteiger partial charge in [-0.2, -0.15) is 16.8 Å². The maximum atomic E-state index is 11.7. The van der Waals surface area contributed by atoms with Gasteiger partial charge in [-0.15, -0.1) is 20.5 Å². The quantitative estimate of drug-likeness (QED) is 0.0967. The number of nitrogens with zero attached hydrogens (tertiary/aromatic N) is 4. The van der Waals surface area contributed by atoms with Gasteiger partial charge in [-0.25, -0.2) is 16.8 Å². The molecule has 0 aliphatic rings. The minimum Gasteiger partial charge on any atom is -0.744 e. The Labute approximate surface area is 408 Å². The molecular weight excluding hydrogens is 935 g/mol. The molecule has 0 saturated heterocycles. The van der Waals surface area contributed by atoms with Crippen molar-refractivity contribution in [2.24, 2.45) is 20.5 Å². The Morgan fingerprint density at radius 3 is 0.875 bits per heavy atom. The van der Waals surface area contributed by atoms with Crippen LogP contribution in [0.1, 0.15) is 0 Å². The van der Waals surface area contributed by atoms with Crippen molar-refractivity contribution in [1.82, 2.24) is 0 Å². The van der Waals surface area contributed by atoms with Crippen LogP contribution in [0.5, 0.6) is 11.5 Å². The third-order valence-electron chi connectivity index (χ3n) is 9.26. The van der Waals surface area contributed by atoms with Gasteiger partial charge in [0.2, 0.25) is 0 Å². The van der Waals surface area contributed by atoms with E-state index < -0.39 is 50.3 Å². The smallest absolute Gasteiger partial charge is 0.744 e. The molecule has 0 heterocycles. The second-order valence-electron chi connectivity index (χ2n) is 13.1. The van der Waals surface area contributed by atoms with E-state index in [1.54, 1.807) is 48.5 Å². The molecule has 0 aliphatic heterocycles. The molecule has 4 N–H and O–H groups in total. The fourth-order valence-electron chi connectivity index (χ4n) is 6.54. The number of rotatable bonds is 8. The average molecular weight is 961 g/mol. The van der Waals surface area contributed by atoms with Crippen molar-refractivity contribution in [2.45, 2.75) is 19.6 Å². The van der Waals surface area contributed by atoms with Crippen molar-refractivity contribution in [3.8, 4) is 11.5 Å². The SMILES string of the molecule is O=S(=O)([O-])c1cc(N=Nc2ccc(S(=O)(=O)O)c3ccccc23)c(O)c2ccccc12.O=S(=O)([O-])c1cc(N=Nc2ccc(S(=O)(=O)O)c3ccccc23)c(O)c2ccccc12.[Na+].[Na+]. The summed E-state index contributed by atoms with van der Waals surface area (Å²) in [6, 6.07) is 31.1. The largest absolute Gasteiger partial charge is 1.00 e. The molecule has 0 aromatic heterocycles. The van der Waals surface area contributed by atoms with Gasteiger partial charge < -0.3 is 19.3 Å². The first kappa shape index (κ1) is 50.2. The van der Waals surface area contributed by atoms with E-state index in [0.29, 0.717) is 10.8 Å². The Kier molecular flexibility index (Phi) is 15.2. The predicted octanol–water partition coefficient (Wildman–Crippen LogP) is 2.54. The van der Waals surface area contributed by atoms with E-state index in [1.165, 1.54) is 60.7 Å². The van der Waals surface area contributed by atoms with Gasteiger partial charge in [0.1, 0.15) is 41.4 Å². The number of benzene rings is 8. The molecule has 0 aliphatic carbocycles. The second-order valence-corrected chi connectivity index (χ2v) is 18.6. The van der Waals surface area contributed by atoms with Crippen molar-refractivity contribution < 1.29 is 121 Å². The zero-order valence-electron chi connectivity index (χ0n) is 33.0. The van der Waals surface area contributed by atoms with E-state index in [9.17, 15) is 62.1 Å². The topological polar surface area (TPSA) is 313 Å². The number of aromatic hydroxyl groups is 2. The summed E-state index contributed by atoms with van der Waals surface area (Å²) >= 11 is 0. The van der Waals surface area contributed by atoms with Gasteiger partial charge in [-0.3, -0.25) is 9.11 Å². The van der Waals surface area contributed by atoms with E-state index in [-0.39, 0.29) is 135 Å². The molecule has 0 saturated carbocycles. The molecule has 18 nitrogen and oxygen atoms in total.